The van der Waals surface area contributed by atoms with E-state index in [1.807, 2.05) is 0 Å². The molecule has 0 amide bonds. The molecule has 0 unspecified atom stereocenters. The molecule has 5 nitrogen and oxygen atoms in total. The minimum absolute atomic E-state index is 0.0562. The highest BCUT2D eigenvalue weighted by Crippen LogP contribution is 2.39. The maximum Gasteiger partial charge on any atom is 0.422 e. The Morgan fingerprint density at radius 2 is 2.09 bits per heavy atom. The number of benzene rings is 1. The Morgan fingerprint density at radius 1 is 1.36 bits per heavy atom. The lowest BCUT2D eigenvalue weighted by atomic mass is 9.99. The van der Waals surface area contributed by atoms with Crippen molar-refractivity contribution in [1.29, 1.82) is 0 Å². The average molecular weight is 321 g/mol. The lowest BCUT2D eigenvalue weighted by molar-refractivity contribution is -0.386. The van der Waals surface area contributed by atoms with Crippen LogP contribution < -0.4 is 4.74 Å². The first-order chi connectivity index (χ1) is 10.3. The van der Waals surface area contributed by atoms with Crippen molar-refractivity contribution in [3.8, 4) is 5.75 Å². The normalized spacial score (nSPS) is 15.4. The van der Waals surface area contributed by atoms with Crippen molar-refractivity contribution in [2.24, 2.45) is 0 Å². The van der Waals surface area contributed by atoms with Crippen LogP contribution >= 0.6 is 0 Å². The van der Waals surface area contributed by atoms with Gasteiger partial charge in [0, 0.05) is 5.56 Å². The number of nitro groups is 1. The van der Waals surface area contributed by atoms with Crippen LogP contribution in [-0.2, 0) is 4.74 Å². The first kappa shape index (κ1) is 16.2. The monoisotopic (exact) mass is 321 g/mol. The molecule has 0 saturated heterocycles. The Bertz CT molecular complexity index is 613. The molecular weight excluding hydrogens is 310 g/mol. The topological polar surface area (TPSA) is 61.6 Å². The first-order valence-electron chi connectivity index (χ1n) is 6.22. The van der Waals surface area contributed by atoms with Gasteiger partial charge in [-0.25, -0.2) is 4.39 Å². The molecule has 0 saturated carbocycles. The van der Waals surface area contributed by atoms with E-state index in [4.69, 9.17) is 4.74 Å². The van der Waals surface area contributed by atoms with Gasteiger partial charge in [0.05, 0.1) is 24.2 Å². The van der Waals surface area contributed by atoms with Crippen molar-refractivity contribution in [3.63, 3.8) is 0 Å². The van der Waals surface area contributed by atoms with Gasteiger partial charge < -0.3 is 9.47 Å². The molecule has 0 radical (unpaired) electrons. The van der Waals surface area contributed by atoms with Crippen LogP contribution in [0.4, 0.5) is 23.2 Å². The van der Waals surface area contributed by atoms with Gasteiger partial charge in [0.25, 0.3) is 0 Å². The highest BCUT2D eigenvalue weighted by atomic mass is 19.4. The van der Waals surface area contributed by atoms with E-state index in [1.165, 1.54) is 6.08 Å². The maximum absolute atomic E-state index is 13.6. The SMILES string of the molecule is O=[N+]([O-])c1cc(F)cc(C2=CCOCC2)c1OCC(F)(F)F. The van der Waals surface area contributed by atoms with Gasteiger partial charge in [-0.3, -0.25) is 10.1 Å². The summed E-state index contributed by atoms with van der Waals surface area (Å²) in [4.78, 5) is 9.99. The van der Waals surface area contributed by atoms with Crippen molar-refractivity contribution in [2.45, 2.75) is 12.6 Å². The number of alkyl halides is 3. The third-order valence-corrected chi connectivity index (χ3v) is 2.92. The molecule has 1 heterocycles. The van der Waals surface area contributed by atoms with Crippen LogP contribution in [0.1, 0.15) is 12.0 Å². The number of hydrogen-bond acceptors (Lipinski definition) is 4. The molecule has 0 aromatic heterocycles. The van der Waals surface area contributed by atoms with Crippen LogP contribution in [0.15, 0.2) is 18.2 Å². The van der Waals surface area contributed by atoms with Gasteiger partial charge >= 0.3 is 11.9 Å². The Hall–Kier alpha value is -2.16. The van der Waals surface area contributed by atoms with Crippen LogP contribution in [0.2, 0.25) is 0 Å². The molecule has 0 fully saturated rings. The fourth-order valence-electron chi connectivity index (χ4n) is 2.03. The second kappa shape index (κ2) is 6.30. The van der Waals surface area contributed by atoms with E-state index < -0.39 is 35.0 Å². The summed E-state index contributed by atoms with van der Waals surface area (Å²) >= 11 is 0. The summed E-state index contributed by atoms with van der Waals surface area (Å²) in [6.07, 6.45) is -2.84. The van der Waals surface area contributed by atoms with Crippen LogP contribution in [0.25, 0.3) is 5.57 Å². The summed E-state index contributed by atoms with van der Waals surface area (Å²) in [7, 11) is 0. The largest absolute Gasteiger partial charge is 0.477 e. The molecule has 0 atom stereocenters. The zero-order valence-corrected chi connectivity index (χ0v) is 11.2. The minimum Gasteiger partial charge on any atom is -0.477 e. The Labute approximate surface area is 122 Å². The first-order valence-corrected chi connectivity index (χ1v) is 6.22. The van der Waals surface area contributed by atoms with Crippen LogP contribution in [0.5, 0.6) is 5.75 Å². The van der Waals surface area contributed by atoms with Crippen molar-refractivity contribution in [2.75, 3.05) is 19.8 Å². The summed E-state index contributed by atoms with van der Waals surface area (Å²) in [5, 5.41) is 11.0. The van der Waals surface area contributed by atoms with Crippen molar-refractivity contribution >= 4 is 11.3 Å². The van der Waals surface area contributed by atoms with E-state index in [0.29, 0.717) is 18.1 Å². The van der Waals surface area contributed by atoms with E-state index >= 15 is 0 Å². The summed E-state index contributed by atoms with van der Waals surface area (Å²) in [5.74, 6) is -1.51. The zero-order chi connectivity index (χ0) is 16.3. The number of rotatable bonds is 4. The molecule has 9 heteroatoms. The third-order valence-electron chi connectivity index (χ3n) is 2.92. The lowest BCUT2D eigenvalue weighted by Crippen LogP contribution is -2.20. The van der Waals surface area contributed by atoms with E-state index in [2.05, 4.69) is 4.74 Å². The zero-order valence-electron chi connectivity index (χ0n) is 11.2. The highest BCUT2D eigenvalue weighted by molar-refractivity contribution is 5.75. The second-order valence-corrected chi connectivity index (χ2v) is 4.52. The predicted molar refractivity (Wildman–Crippen MR) is 68.0 cm³/mol. The maximum atomic E-state index is 13.6. The molecule has 22 heavy (non-hydrogen) atoms. The van der Waals surface area contributed by atoms with Crippen molar-refractivity contribution in [3.05, 3.63) is 39.7 Å². The predicted octanol–water partition coefficient (Wildman–Crippen LogP) is 3.48. The number of ether oxygens (including phenoxy) is 2. The van der Waals surface area contributed by atoms with E-state index in [1.54, 1.807) is 0 Å². The third kappa shape index (κ3) is 3.94. The lowest BCUT2D eigenvalue weighted by Gasteiger charge is -2.18. The van der Waals surface area contributed by atoms with Gasteiger partial charge in [0.15, 0.2) is 6.61 Å². The van der Waals surface area contributed by atoms with Crippen LogP contribution in [-0.4, -0.2) is 30.9 Å². The average Bonchev–Trinajstić information content (AvgIpc) is 2.45. The number of hydrogen-bond donors (Lipinski definition) is 0. The number of nitro benzene ring substituents is 1. The summed E-state index contributed by atoms with van der Waals surface area (Å²) < 4.78 is 60.2. The standard InChI is InChI=1S/C13H11F4NO4/c14-9-5-10(8-1-3-21-4-2-8)12(11(6-9)18(19)20)22-7-13(15,16)17/h1,5-6H,2-4,7H2. The van der Waals surface area contributed by atoms with Gasteiger partial charge in [-0.1, -0.05) is 6.08 Å². The summed E-state index contributed by atoms with van der Waals surface area (Å²) in [5.41, 5.74) is -0.447. The molecule has 1 aromatic rings. The quantitative estimate of drug-likeness (QED) is 0.484. The fourth-order valence-corrected chi connectivity index (χ4v) is 2.03. The summed E-state index contributed by atoms with van der Waals surface area (Å²) in [6, 6.07) is 1.46. The number of nitrogens with zero attached hydrogens (tertiary/aromatic N) is 1. The molecule has 1 aromatic carbocycles. The molecule has 0 N–H and O–H groups in total. The number of halogens is 4. The van der Waals surface area contributed by atoms with Gasteiger partial charge in [-0.05, 0) is 18.1 Å². The Balaban J connectivity index is 2.49. The molecule has 120 valence electrons. The van der Waals surface area contributed by atoms with E-state index in [9.17, 15) is 27.7 Å². The van der Waals surface area contributed by atoms with Crippen molar-refractivity contribution < 1.29 is 32.0 Å². The van der Waals surface area contributed by atoms with Gasteiger partial charge in [-0.2, -0.15) is 13.2 Å². The molecule has 1 aliphatic heterocycles. The smallest absolute Gasteiger partial charge is 0.422 e. The van der Waals surface area contributed by atoms with Crippen LogP contribution in [0, 0.1) is 15.9 Å². The molecule has 0 bridgehead atoms. The van der Waals surface area contributed by atoms with Gasteiger partial charge in [0.1, 0.15) is 5.82 Å². The van der Waals surface area contributed by atoms with Crippen LogP contribution in [0.3, 0.4) is 0 Å². The Morgan fingerprint density at radius 3 is 2.64 bits per heavy atom. The fraction of sp³-hybridized carbons (Fsp3) is 0.385. The molecule has 0 aliphatic carbocycles. The molecule has 2 rings (SSSR count). The minimum atomic E-state index is -4.66. The van der Waals surface area contributed by atoms with E-state index in [0.717, 1.165) is 6.07 Å². The van der Waals surface area contributed by atoms with Crippen molar-refractivity contribution in [1.82, 2.24) is 0 Å². The summed E-state index contributed by atoms with van der Waals surface area (Å²) in [6.45, 7) is -1.22. The molecule has 1 aliphatic rings. The molecule has 0 spiro atoms. The van der Waals surface area contributed by atoms with Gasteiger partial charge in [0.2, 0.25) is 5.75 Å². The molecular formula is C13H11F4NO4. The Kier molecular flexibility index (Phi) is 4.65. The second-order valence-electron chi connectivity index (χ2n) is 4.52. The highest BCUT2D eigenvalue weighted by Gasteiger charge is 2.32. The van der Waals surface area contributed by atoms with E-state index in [-0.39, 0.29) is 18.8 Å². The van der Waals surface area contributed by atoms with Gasteiger partial charge in [-0.15, -0.1) is 0 Å².